The third-order valence-electron chi connectivity index (χ3n) is 3.83. The second-order valence-electron chi connectivity index (χ2n) is 6.97. The molecule has 0 aliphatic heterocycles. The van der Waals surface area contributed by atoms with E-state index in [4.69, 9.17) is 5.11 Å². The van der Waals surface area contributed by atoms with Gasteiger partial charge in [0, 0.05) is 0 Å². The zero-order chi connectivity index (χ0) is 14.3. The molecule has 3 unspecified atom stereocenters. The number of aliphatic carboxylic acids is 1. The maximum Gasteiger partial charge on any atom is 0.309 e. The highest BCUT2D eigenvalue weighted by molar-refractivity contribution is 5.73. The van der Waals surface area contributed by atoms with E-state index in [0.717, 1.165) is 18.8 Å². The normalized spacial score (nSPS) is 17.2. The minimum absolute atomic E-state index is 0.486. The standard InChI is InChI=1S/C16H32O2/c1-7-8-12(2)9-13(3)10-14(4)11-16(5,6)15(17)18/h12-14H,7-11H2,1-6H3,(H,17,18). The van der Waals surface area contributed by atoms with Crippen molar-refractivity contribution in [2.45, 2.75) is 73.6 Å². The number of carbonyl (C=O) groups is 1. The summed E-state index contributed by atoms with van der Waals surface area (Å²) in [6.45, 7) is 12.7. The maximum atomic E-state index is 11.1. The molecule has 0 aliphatic carbocycles. The smallest absolute Gasteiger partial charge is 0.309 e. The van der Waals surface area contributed by atoms with Crippen LogP contribution in [-0.2, 0) is 4.79 Å². The molecule has 0 aliphatic rings. The number of hydrogen-bond acceptors (Lipinski definition) is 1. The lowest BCUT2D eigenvalue weighted by atomic mass is 9.79. The first-order valence-electron chi connectivity index (χ1n) is 7.42. The van der Waals surface area contributed by atoms with Crippen LogP contribution in [0, 0.1) is 23.2 Å². The van der Waals surface area contributed by atoms with Gasteiger partial charge in [-0.2, -0.15) is 0 Å². The first kappa shape index (κ1) is 17.5. The first-order valence-corrected chi connectivity index (χ1v) is 7.42. The van der Waals surface area contributed by atoms with Gasteiger partial charge in [0.05, 0.1) is 5.41 Å². The van der Waals surface area contributed by atoms with Crippen molar-refractivity contribution in [3.8, 4) is 0 Å². The van der Waals surface area contributed by atoms with Crippen LogP contribution < -0.4 is 0 Å². The van der Waals surface area contributed by atoms with Crippen LogP contribution in [0.5, 0.6) is 0 Å². The molecular weight excluding hydrogens is 224 g/mol. The van der Waals surface area contributed by atoms with Gasteiger partial charge in [-0.05, 0) is 50.9 Å². The molecule has 1 N–H and O–H groups in total. The zero-order valence-electron chi connectivity index (χ0n) is 13.1. The highest BCUT2D eigenvalue weighted by atomic mass is 16.4. The van der Waals surface area contributed by atoms with Crippen LogP contribution in [0.3, 0.4) is 0 Å². The Labute approximate surface area is 113 Å². The lowest BCUT2D eigenvalue weighted by Crippen LogP contribution is -2.26. The van der Waals surface area contributed by atoms with E-state index < -0.39 is 11.4 Å². The van der Waals surface area contributed by atoms with Gasteiger partial charge in [-0.25, -0.2) is 0 Å². The fourth-order valence-corrected chi connectivity index (χ4v) is 3.12. The lowest BCUT2D eigenvalue weighted by Gasteiger charge is -2.26. The van der Waals surface area contributed by atoms with Gasteiger partial charge in [0.25, 0.3) is 0 Å². The predicted octanol–water partition coefficient (Wildman–Crippen LogP) is 4.98. The van der Waals surface area contributed by atoms with Gasteiger partial charge in [0.2, 0.25) is 0 Å². The summed E-state index contributed by atoms with van der Waals surface area (Å²) in [7, 11) is 0. The van der Waals surface area contributed by atoms with Gasteiger partial charge in [-0.1, -0.05) is 40.5 Å². The van der Waals surface area contributed by atoms with E-state index in [9.17, 15) is 4.79 Å². The van der Waals surface area contributed by atoms with E-state index in [0.29, 0.717) is 11.8 Å². The van der Waals surface area contributed by atoms with E-state index in [1.165, 1.54) is 19.3 Å². The molecule has 2 nitrogen and oxygen atoms in total. The van der Waals surface area contributed by atoms with Crippen LogP contribution in [-0.4, -0.2) is 11.1 Å². The van der Waals surface area contributed by atoms with Crippen LogP contribution in [0.15, 0.2) is 0 Å². The van der Waals surface area contributed by atoms with Crippen molar-refractivity contribution in [2.24, 2.45) is 23.2 Å². The SMILES string of the molecule is CCCC(C)CC(C)CC(C)CC(C)(C)C(=O)O. The molecule has 0 rings (SSSR count). The number of hydrogen-bond donors (Lipinski definition) is 1. The summed E-state index contributed by atoms with van der Waals surface area (Å²) in [5.74, 6) is 1.30. The van der Waals surface area contributed by atoms with Gasteiger partial charge in [0.1, 0.15) is 0 Å². The Morgan fingerprint density at radius 1 is 1.06 bits per heavy atom. The van der Waals surface area contributed by atoms with Crippen molar-refractivity contribution in [2.75, 3.05) is 0 Å². The minimum Gasteiger partial charge on any atom is -0.481 e. The predicted molar refractivity (Wildman–Crippen MR) is 77.7 cm³/mol. The van der Waals surface area contributed by atoms with E-state index in [1.807, 2.05) is 13.8 Å². The molecule has 0 fully saturated rings. The van der Waals surface area contributed by atoms with Gasteiger partial charge in [-0.15, -0.1) is 0 Å². The quantitative estimate of drug-likeness (QED) is 0.632. The summed E-state index contributed by atoms with van der Waals surface area (Å²) < 4.78 is 0. The Kier molecular flexibility index (Phi) is 7.58. The van der Waals surface area contributed by atoms with Crippen LogP contribution in [0.1, 0.15) is 73.6 Å². The van der Waals surface area contributed by atoms with E-state index in [2.05, 4.69) is 27.7 Å². The molecule has 0 aromatic heterocycles. The molecule has 0 bridgehead atoms. The summed E-state index contributed by atoms with van der Waals surface area (Å²) in [5.41, 5.74) is -0.589. The van der Waals surface area contributed by atoms with Gasteiger partial charge in [-0.3, -0.25) is 4.79 Å². The summed E-state index contributed by atoms with van der Waals surface area (Å²) in [4.78, 5) is 11.1. The van der Waals surface area contributed by atoms with Crippen molar-refractivity contribution in [3.63, 3.8) is 0 Å². The number of rotatable bonds is 9. The van der Waals surface area contributed by atoms with E-state index in [1.54, 1.807) is 0 Å². The number of carboxylic acid groups (broad SMARTS) is 1. The lowest BCUT2D eigenvalue weighted by molar-refractivity contribution is -0.147. The molecule has 0 radical (unpaired) electrons. The van der Waals surface area contributed by atoms with Gasteiger partial charge < -0.3 is 5.11 Å². The molecule has 0 amide bonds. The monoisotopic (exact) mass is 256 g/mol. The Hall–Kier alpha value is -0.530. The second-order valence-corrected chi connectivity index (χ2v) is 6.97. The largest absolute Gasteiger partial charge is 0.481 e. The Bertz CT molecular complexity index is 245. The van der Waals surface area contributed by atoms with Crippen LogP contribution in [0.4, 0.5) is 0 Å². The molecule has 18 heavy (non-hydrogen) atoms. The molecule has 0 aromatic carbocycles. The van der Waals surface area contributed by atoms with E-state index in [-0.39, 0.29) is 0 Å². The Balaban J connectivity index is 4.08. The summed E-state index contributed by atoms with van der Waals surface area (Å²) in [6.07, 6.45) is 5.75. The summed E-state index contributed by atoms with van der Waals surface area (Å²) >= 11 is 0. The fourth-order valence-electron chi connectivity index (χ4n) is 3.12. The molecule has 0 saturated carbocycles. The molecule has 0 saturated heterocycles. The van der Waals surface area contributed by atoms with Crippen molar-refractivity contribution in [3.05, 3.63) is 0 Å². The summed E-state index contributed by atoms with van der Waals surface area (Å²) in [5, 5.41) is 9.14. The molecule has 0 aromatic rings. The summed E-state index contributed by atoms with van der Waals surface area (Å²) in [6, 6.07) is 0. The van der Waals surface area contributed by atoms with Crippen molar-refractivity contribution < 1.29 is 9.90 Å². The van der Waals surface area contributed by atoms with E-state index >= 15 is 0 Å². The molecular formula is C16H32O2. The zero-order valence-corrected chi connectivity index (χ0v) is 13.1. The maximum absolute atomic E-state index is 11.1. The average molecular weight is 256 g/mol. The highest BCUT2D eigenvalue weighted by Crippen LogP contribution is 2.31. The van der Waals surface area contributed by atoms with Crippen molar-refractivity contribution in [1.29, 1.82) is 0 Å². The topological polar surface area (TPSA) is 37.3 Å². The molecule has 0 heterocycles. The third kappa shape index (κ3) is 7.03. The van der Waals surface area contributed by atoms with Crippen molar-refractivity contribution >= 4 is 5.97 Å². The Morgan fingerprint density at radius 2 is 1.56 bits per heavy atom. The molecule has 3 atom stereocenters. The molecule has 0 spiro atoms. The minimum atomic E-state index is -0.679. The third-order valence-corrected chi connectivity index (χ3v) is 3.83. The fraction of sp³-hybridized carbons (Fsp3) is 0.938. The second kappa shape index (κ2) is 7.81. The van der Waals surface area contributed by atoms with Gasteiger partial charge >= 0.3 is 5.97 Å². The highest BCUT2D eigenvalue weighted by Gasteiger charge is 2.29. The molecule has 108 valence electrons. The van der Waals surface area contributed by atoms with Crippen LogP contribution in [0.2, 0.25) is 0 Å². The van der Waals surface area contributed by atoms with Gasteiger partial charge in [0.15, 0.2) is 0 Å². The average Bonchev–Trinajstić information content (AvgIpc) is 2.15. The molecule has 2 heteroatoms. The first-order chi connectivity index (χ1) is 8.19. The number of carboxylic acids is 1. The van der Waals surface area contributed by atoms with Crippen LogP contribution in [0.25, 0.3) is 0 Å². The van der Waals surface area contributed by atoms with Crippen molar-refractivity contribution in [1.82, 2.24) is 0 Å². The Morgan fingerprint density at radius 3 is 2.00 bits per heavy atom. The van der Waals surface area contributed by atoms with Crippen LogP contribution >= 0.6 is 0 Å².